The third kappa shape index (κ3) is 5.52. The molecule has 0 spiro atoms. The van der Waals surface area contributed by atoms with Crippen LogP contribution in [0.5, 0.6) is 5.75 Å². The van der Waals surface area contributed by atoms with Gasteiger partial charge in [-0.25, -0.2) is 0 Å². The van der Waals surface area contributed by atoms with Gasteiger partial charge < -0.3 is 15.4 Å². The van der Waals surface area contributed by atoms with Gasteiger partial charge in [0.15, 0.2) is 12.4 Å². The molecule has 126 valence electrons. The molecule has 5 heteroatoms. The van der Waals surface area contributed by atoms with Crippen LogP contribution < -0.4 is 15.4 Å². The fourth-order valence-corrected chi connectivity index (χ4v) is 2.18. The summed E-state index contributed by atoms with van der Waals surface area (Å²) in [6.07, 6.45) is 0. The summed E-state index contributed by atoms with van der Waals surface area (Å²) in [6, 6.07) is 14.5. The number of hydrogen-bond donors (Lipinski definition) is 2. The number of ether oxygens (including phenoxy) is 1. The van der Waals surface area contributed by atoms with Crippen molar-refractivity contribution >= 4 is 17.4 Å². The zero-order valence-electron chi connectivity index (χ0n) is 14.0. The minimum atomic E-state index is -0.246. The highest BCUT2D eigenvalue weighted by molar-refractivity contribution is 5.94. The van der Waals surface area contributed by atoms with E-state index in [9.17, 15) is 9.59 Å². The van der Waals surface area contributed by atoms with Crippen LogP contribution in [0.2, 0.25) is 0 Å². The van der Waals surface area contributed by atoms with Crippen LogP contribution in [-0.4, -0.2) is 24.8 Å². The molecule has 0 atom stereocenters. The van der Waals surface area contributed by atoms with Crippen molar-refractivity contribution in [2.45, 2.75) is 20.4 Å². The second-order valence-corrected chi connectivity index (χ2v) is 5.40. The van der Waals surface area contributed by atoms with Crippen molar-refractivity contribution in [3.63, 3.8) is 0 Å². The lowest BCUT2D eigenvalue weighted by Gasteiger charge is -2.09. The van der Waals surface area contributed by atoms with E-state index >= 15 is 0 Å². The fraction of sp³-hybridized carbons (Fsp3) is 0.263. The summed E-state index contributed by atoms with van der Waals surface area (Å²) in [5.41, 5.74) is 2.39. The van der Waals surface area contributed by atoms with Crippen molar-refractivity contribution in [3.05, 3.63) is 59.7 Å². The molecule has 2 N–H and O–H groups in total. The lowest BCUT2D eigenvalue weighted by atomic mass is 10.1. The van der Waals surface area contributed by atoms with Gasteiger partial charge in [-0.2, -0.15) is 0 Å². The highest BCUT2D eigenvalue weighted by Crippen LogP contribution is 2.14. The number of carbonyl (C=O) groups is 2. The molecule has 1 amide bonds. The first kappa shape index (κ1) is 17.7. The summed E-state index contributed by atoms with van der Waals surface area (Å²) in [6.45, 7) is 5.08. The molecular weight excluding hydrogens is 304 g/mol. The van der Waals surface area contributed by atoms with E-state index in [4.69, 9.17) is 4.74 Å². The van der Waals surface area contributed by atoms with Gasteiger partial charge in [0.1, 0.15) is 5.75 Å². The maximum absolute atomic E-state index is 12.0. The molecule has 0 aliphatic carbocycles. The lowest BCUT2D eigenvalue weighted by Crippen LogP contribution is -2.20. The molecule has 0 heterocycles. The summed E-state index contributed by atoms with van der Waals surface area (Å²) >= 11 is 0. The SMILES string of the molecule is CCNCc1cccc(NC(=O)COc2cccc(C(C)=O)c2)c1. The Labute approximate surface area is 142 Å². The molecular formula is C19H22N2O3. The second-order valence-electron chi connectivity index (χ2n) is 5.40. The first-order valence-corrected chi connectivity index (χ1v) is 7.92. The lowest BCUT2D eigenvalue weighted by molar-refractivity contribution is -0.118. The molecule has 24 heavy (non-hydrogen) atoms. The Balaban J connectivity index is 1.89. The quantitative estimate of drug-likeness (QED) is 0.732. The average Bonchev–Trinajstić information content (AvgIpc) is 2.59. The molecule has 5 nitrogen and oxygen atoms in total. The van der Waals surface area contributed by atoms with Gasteiger partial charge in [0.25, 0.3) is 5.91 Å². The van der Waals surface area contributed by atoms with Crippen LogP contribution in [0.15, 0.2) is 48.5 Å². The van der Waals surface area contributed by atoms with E-state index < -0.39 is 0 Å². The summed E-state index contributed by atoms with van der Waals surface area (Å²) in [4.78, 5) is 23.4. The number of rotatable bonds is 8. The third-order valence-corrected chi connectivity index (χ3v) is 3.40. The minimum Gasteiger partial charge on any atom is -0.484 e. The van der Waals surface area contributed by atoms with Gasteiger partial charge in [0.2, 0.25) is 0 Å². The molecule has 0 unspecified atom stereocenters. The van der Waals surface area contributed by atoms with E-state index in [-0.39, 0.29) is 18.3 Å². The summed E-state index contributed by atoms with van der Waals surface area (Å²) in [5.74, 6) is 0.213. The zero-order chi connectivity index (χ0) is 17.4. The largest absolute Gasteiger partial charge is 0.484 e. The molecule has 0 fully saturated rings. The highest BCUT2D eigenvalue weighted by atomic mass is 16.5. The summed E-state index contributed by atoms with van der Waals surface area (Å²) in [5, 5.41) is 6.05. The molecule has 0 saturated carbocycles. The molecule has 2 aromatic rings. The number of benzene rings is 2. The average molecular weight is 326 g/mol. The number of ketones is 1. The second kappa shape index (κ2) is 8.84. The topological polar surface area (TPSA) is 67.4 Å². The van der Waals surface area contributed by atoms with Gasteiger partial charge in [-0.15, -0.1) is 0 Å². The standard InChI is InChI=1S/C19H22N2O3/c1-3-20-12-15-6-4-8-17(10-15)21-19(23)13-24-18-9-5-7-16(11-18)14(2)22/h4-11,20H,3,12-13H2,1-2H3,(H,21,23). The predicted molar refractivity (Wildman–Crippen MR) is 94.4 cm³/mol. The summed E-state index contributed by atoms with van der Waals surface area (Å²) in [7, 11) is 0. The van der Waals surface area contributed by atoms with Crippen LogP contribution in [-0.2, 0) is 11.3 Å². The molecule has 0 aromatic heterocycles. The fourth-order valence-electron chi connectivity index (χ4n) is 2.18. The van der Waals surface area contributed by atoms with Crippen LogP contribution in [0.4, 0.5) is 5.69 Å². The number of anilines is 1. The van der Waals surface area contributed by atoms with Crippen molar-refractivity contribution < 1.29 is 14.3 Å². The number of carbonyl (C=O) groups excluding carboxylic acids is 2. The summed E-state index contributed by atoms with van der Waals surface area (Å²) < 4.78 is 5.45. The Hall–Kier alpha value is -2.66. The molecule has 2 rings (SSSR count). The molecule has 0 bridgehead atoms. The van der Waals surface area contributed by atoms with E-state index in [0.29, 0.717) is 11.3 Å². The third-order valence-electron chi connectivity index (χ3n) is 3.40. The van der Waals surface area contributed by atoms with Crippen LogP contribution >= 0.6 is 0 Å². The Bertz CT molecular complexity index is 713. The Kier molecular flexibility index (Phi) is 6.51. The molecule has 0 aliphatic heterocycles. The van der Waals surface area contributed by atoms with Crippen LogP contribution in [0.1, 0.15) is 29.8 Å². The zero-order valence-corrected chi connectivity index (χ0v) is 14.0. The van der Waals surface area contributed by atoms with Gasteiger partial charge in [0, 0.05) is 17.8 Å². The number of Topliss-reactive ketones (excluding diaryl/α,β-unsaturated/α-hetero) is 1. The van der Waals surface area contributed by atoms with Crippen LogP contribution in [0.25, 0.3) is 0 Å². The van der Waals surface area contributed by atoms with Crippen molar-refractivity contribution in [3.8, 4) is 5.75 Å². The number of nitrogens with one attached hydrogen (secondary N) is 2. The van der Waals surface area contributed by atoms with E-state index in [1.54, 1.807) is 24.3 Å². The van der Waals surface area contributed by atoms with Gasteiger partial charge in [-0.1, -0.05) is 31.2 Å². The Morgan fingerprint density at radius 2 is 1.88 bits per heavy atom. The van der Waals surface area contributed by atoms with Crippen LogP contribution in [0.3, 0.4) is 0 Å². The maximum atomic E-state index is 12.0. The van der Waals surface area contributed by atoms with Crippen molar-refractivity contribution in [1.29, 1.82) is 0 Å². The van der Waals surface area contributed by atoms with Crippen LogP contribution in [0, 0.1) is 0 Å². The predicted octanol–water partition coefficient (Wildman–Crippen LogP) is 3.02. The number of hydrogen-bond acceptors (Lipinski definition) is 4. The maximum Gasteiger partial charge on any atom is 0.262 e. The highest BCUT2D eigenvalue weighted by Gasteiger charge is 2.06. The van der Waals surface area contributed by atoms with Gasteiger partial charge in [-0.05, 0) is 43.3 Å². The Morgan fingerprint density at radius 1 is 1.08 bits per heavy atom. The van der Waals surface area contributed by atoms with Gasteiger partial charge in [0.05, 0.1) is 0 Å². The molecule has 0 radical (unpaired) electrons. The van der Waals surface area contributed by atoms with Crippen molar-refractivity contribution in [1.82, 2.24) is 5.32 Å². The van der Waals surface area contributed by atoms with E-state index in [1.807, 2.05) is 31.2 Å². The molecule has 2 aromatic carbocycles. The van der Waals surface area contributed by atoms with E-state index in [1.165, 1.54) is 6.92 Å². The molecule has 0 aliphatic rings. The Morgan fingerprint density at radius 3 is 2.62 bits per heavy atom. The van der Waals surface area contributed by atoms with E-state index in [0.717, 1.165) is 24.3 Å². The smallest absolute Gasteiger partial charge is 0.262 e. The normalized spacial score (nSPS) is 10.2. The molecule has 0 saturated heterocycles. The monoisotopic (exact) mass is 326 g/mol. The van der Waals surface area contributed by atoms with Gasteiger partial charge in [-0.3, -0.25) is 9.59 Å². The van der Waals surface area contributed by atoms with Crippen molar-refractivity contribution in [2.75, 3.05) is 18.5 Å². The first-order valence-electron chi connectivity index (χ1n) is 7.92. The van der Waals surface area contributed by atoms with Gasteiger partial charge >= 0.3 is 0 Å². The van der Waals surface area contributed by atoms with Crippen molar-refractivity contribution in [2.24, 2.45) is 0 Å². The minimum absolute atomic E-state index is 0.0394. The first-order chi connectivity index (χ1) is 11.6. The number of amides is 1. The van der Waals surface area contributed by atoms with E-state index in [2.05, 4.69) is 10.6 Å².